The number of ether oxygens (including phenoxy) is 2. The molecule has 0 amide bonds. The second-order valence-corrected chi connectivity index (χ2v) is 5.02. The number of halogens is 5. The van der Waals surface area contributed by atoms with Crippen LogP contribution in [0, 0.1) is 3.57 Å². The van der Waals surface area contributed by atoms with Crippen LogP contribution in [0.25, 0.3) is 0 Å². The Labute approximate surface area is 128 Å². The highest BCUT2D eigenvalue weighted by molar-refractivity contribution is 14.1. The SMILES string of the molecule is COC(=O)Cc1ncc(I)c(CBr)c1OC(F)(F)F. The lowest BCUT2D eigenvalue weighted by Crippen LogP contribution is -2.21. The van der Waals surface area contributed by atoms with Crippen LogP contribution < -0.4 is 4.74 Å². The highest BCUT2D eigenvalue weighted by Gasteiger charge is 2.34. The third-order valence-electron chi connectivity index (χ3n) is 2.05. The van der Waals surface area contributed by atoms with Gasteiger partial charge in [-0.05, 0) is 22.6 Å². The van der Waals surface area contributed by atoms with Crippen molar-refractivity contribution in [2.45, 2.75) is 18.1 Å². The summed E-state index contributed by atoms with van der Waals surface area (Å²) in [6.07, 6.45) is -3.87. The molecule has 0 bridgehead atoms. The van der Waals surface area contributed by atoms with E-state index in [1.165, 1.54) is 6.20 Å². The van der Waals surface area contributed by atoms with Crippen molar-refractivity contribution >= 4 is 44.5 Å². The smallest absolute Gasteiger partial charge is 0.469 e. The first-order valence-corrected chi connectivity index (χ1v) is 7.03. The van der Waals surface area contributed by atoms with Crippen LogP contribution in [0.3, 0.4) is 0 Å². The Balaban J connectivity index is 3.25. The zero-order valence-electron chi connectivity index (χ0n) is 9.55. The maximum absolute atomic E-state index is 12.4. The van der Waals surface area contributed by atoms with E-state index in [0.717, 1.165) is 7.11 Å². The first-order valence-electron chi connectivity index (χ1n) is 4.83. The van der Waals surface area contributed by atoms with Crippen LogP contribution in [0.4, 0.5) is 13.2 Å². The zero-order valence-corrected chi connectivity index (χ0v) is 13.3. The van der Waals surface area contributed by atoms with Gasteiger partial charge in [0, 0.05) is 20.7 Å². The molecule has 0 N–H and O–H groups in total. The summed E-state index contributed by atoms with van der Waals surface area (Å²) < 4.78 is 46.1. The normalized spacial score (nSPS) is 11.3. The van der Waals surface area contributed by atoms with Gasteiger partial charge in [-0.3, -0.25) is 9.78 Å². The summed E-state index contributed by atoms with van der Waals surface area (Å²) in [7, 11) is 1.14. The second-order valence-electron chi connectivity index (χ2n) is 3.29. The van der Waals surface area contributed by atoms with Crippen molar-refractivity contribution in [2.75, 3.05) is 7.11 Å². The third-order valence-corrected chi connectivity index (χ3v) is 3.54. The molecule has 0 atom stereocenters. The number of nitrogens with zero attached hydrogens (tertiary/aromatic N) is 1. The molecule has 0 aromatic carbocycles. The van der Waals surface area contributed by atoms with E-state index in [-0.39, 0.29) is 16.6 Å². The van der Waals surface area contributed by atoms with E-state index in [1.807, 2.05) is 22.6 Å². The Hall–Kier alpha value is -0.580. The second kappa shape index (κ2) is 6.73. The van der Waals surface area contributed by atoms with Crippen molar-refractivity contribution in [1.82, 2.24) is 4.98 Å². The van der Waals surface area contributed by atoms with Crippen LogP contribution in [0.15, 0.2) is 6.20 Å². The largest absolute Gasteiger partial charge is 0.573 e. The van der Waals surface area contributed by atoms with Crippen LogP contribution in [-0.4, -0.2) is 24.4 Å². The van der Waals surface area contributed by atoms with Gasteiger partial charge in [-0.25, -0.2) is 0 Å². The molecule has 0 aliphatic heterocycles. The summed E-state index contributed by atoms with van der Waals surface area (Å²) >= 11 is 4.93. The number of aromatic nitrogens is 1. The molecule has 0 unspecified atom stereocenters. The molecule has 19 heavy (non-hydrogen) atoms. The topological polar surface area (TPSA) is 48.4 Å². The van der Waals surface area contributed by atoms with Gasteiger partial charge in [0.15, 0.2) is 5.75 Å². The van der Waals surface area contributed by atoms with E-state index in [2.05, 4.69) is 30.4 Å². The average molecular weight is 454 g/mol. The number of pyridine rings is 1. The lowest BCUT2D eigenvalue weighted by atomic mass is 10.2. The summed E-state index contributed by atoms with van der Waals surface area (Å²) in [5.41, 5.74) is 0.172. The Bertz CT molecular complexity index is 482. The minimum atomic E-state index is -4.85. The van der Waals surface area contributed by atoms with E-state index in [0.29, 0.717) is 3.57 Å². The molecule has 0 saturated heterocycles. The van der Waals surface area contributed by atoms with Gasteiger partial charge in [0.05, 0.1) is 19.2 Å². The molecular weight excluding hydrogens is 446 g/mol. The van der Waals surface area contributed by atoms with Gasteiger partial charge in [-0.1, -0.05) is 15.9 Å². The predicted molar refractivity (Wildman–Crippen MR) is 72.0 cm³/mol. The number of carbonyl (C=O) groups excluding carboxylic acids is 1. The standard InChI is InChI=1S/C10H8BrF3INO3/c1-18-8(17)2-7-9(19-10(12,13)14)5(3-11)6(15)4-16-7/h4H,2-3H2,1H3. The van der Waals surface area contributed by atoms with Crippen LogP contribution in [0.2, 0.25) is 0 Å². The van der Waals surface area contributed by atoms with Gasteiger partial charge in [0.25, 0.3) is 0 Å². The highest BCUT2D eigenvalue weighted by atomic mass is 127. The fourth-order valence-corrected chi connectivity index (χ4v) is 2.91. The molecule has 0 aliphatic carbocycles. The fraction of sp³-hybridized carbons (Fsp3) is 0.400. The number of hydrogen-bond donors (Lipinski definition) is 0. The van der Waals surface area contributed by atoms with Gasteiger partial charge < -0.3 is 9.47 Å². The van der Waals surface area contributed by atoms with Crippen molar-refractivity contribution < 1.29 is 27.4 Å². The first-order chi connectivity index (χ1) is 8.78. The van der Waals surface area contributed by atoms with Crippen molar-refractivity contribution in [1.29, 1.82) is 0 Å². The van der Waals surface area contributed by atoms with Gasteiger partial charge in [-0.15, -0.1) is 13.2 Å². The number of hydrogen-bond acceptors (Lipinski definition) is 4. The van der Waals surface area contributed by atoms with Crippen LogP contribution in [0.1, 0.15) is 11.3 Å². The average Bonchev–Trinajstić information content (AvgIpc) is 2.31. The Morgan fingerprint density at radius 2 is 2.16 bits per heavy atom. The monoisotopic (exact) mass is 453 g/mol. The summed E-state index contributed by atoms with van der Waals surface area (Å²) in [6.45, 7) is 0. The molecule has 1 rings (SSSR count). The Morgan fingerprint density at radius 3 is 2.63 bits per heavy atom. The van der Waals surface area contributed by atoms with Crippen LogP contribution in [-0.2, 0) is 21.3 Å². The van der Waals surface area contributed by atoms with E-state index in [1.54, 1.807) is 0 Å². The van der Waals surface area contributed by atoms with E-state index in [4.69, 9.17) is 0 Å². The van der Waals surface area contributed by atoms with Crippen molar-refractivity contribution in [2.24, 2.45) is 0 Å². The number of rotatable bonds is 4. The molecule has 1 aromatic rings. The molecule has 106 valence electrons. The van der Waals surface area contributed by atoms with Crippen molar-refractivity contribution in [3.8, 4) is 5.75 Å². The highest BCUT2D eigenvalue weighted by Crippen LogP contribution is 2.33. The number of carbonyl (C=O) groups is 1. The number of alkyl halides is 4. The molecule has 1 heterocycles. The minimum Gasteiger partial charge on any atom is -0.469 e. The quantitative estimate of drug-likeness (QED) is 0.399. The van der Waals surface area contributed by atoms with E-state index in [9.17, 15) is 18.0 Å². The molecular formula is C10H8BrF3INO3. The molecule has 0 fully saturated rings. The molecule has 0 radical (unpaired) electrons. The van der Waals surface area contributed by atoms with Crippen molar-refractivity contribution in [3.05, 3.63) is 21.0 Å². The van der Waals surface area contributed by atoms with Gasteiger partial charge >= 0.3 is 12.3 Å². The molecule has 0 spiro atoms. The predicted octanol–water partition coefficient (Wildman–Crippen LogP) is 3.20. The maximum Gasteiger partial charge on any atom is 0.573 e. The lowest BCUT2D eigenvalue weighted by molar-refractivity contribution is -0.275. The minimum absolute atomic E-state index is 0.112. The zero-order chi connectivity index (χ0) is 14.6. The molecule has 1 aromatic heterocycles. The van der Waals surface area contributed by atoms with Gasteiger partial charge in [0.2, 0.25) is 0 Å². The van der Waals surface area contributed by atoms with E-state index >= 15 is 0 Å². The van der Waals surface area contributed by atoms with Gasteiger partial charge in [0.1, 0.15) is 0 Å². The Morgan fingerprint density at radius 1 is 1.53 bits per heavy atom. The molecule has 4 nitrogen and oxygen atoms in total. The molecule has 0 aliphatic rings. The maximum atomic E-state index is 12.4. The summed E-state index contributed by atoms with van der Waals surface area (Å²) in [5, 5.41) is 0.146. The number of esters is 1. The fourth-order valence-electron chi connectivity index (χ4n) is 1.25. The summed E-state index contributed by atoms with van der Waals surface area (Å²) in [5.74, 6) is -1.15. The summed E-state index contributed by atoms with van der Waals surface area (Å²) in [6, 6.07) is 0. The lowest BCUT2D eigenvalue weighted by Gasteiger charge is -2.16. The van der Waals surface area contributed by atoms with Gasteiger partial charge in [-0.2, -0.15) is 0 Å². The van der Waals surface area contributed by atoms with Crippen molar-refractivity contribution in [3.63, 3.8) is 0 Å². The molecule has 0 saturated carbocycles. The Kier molecular flexibility index (Phi) is 5.83. The van der Waals surface area contributed by atoms with Crippen LogP contribution >= 0.6 is 38.5 Å². The van der Waals surface area contributed by atoms with Crippen LogP contribution in [0.5, 0.6) is 5.75 Å². The third kappa shape index (κ3) is 4.79. The number of methoxy groups -OCH3 is 1. The van der Waals surface area contributed by atoms with E-state index < -0.39 is 24.5 Å². The molecule has 9 heteroatoms. The first kappa shape index (κ1) is 16.5. The summed E-state index contributed by atoms with van der Waals surface area (Å²) in [4.78, 5) is 15.0.